The first kappa shape index (κ1) is 76.7. The van der Waals surface area contributed by atoms with Crippen LogP contribution in [0.3, 0.4) is 0 Å². The molecule has 83 heavy (non-hydrogen) atoms. The highest BCUT2D eigenvalue weighted by Crippen LogP contribution is 2.12. The molecule has 0 saturated heterocycles. The van der Waals surface area contributed by atoms with Crippen LogP contribution >= 0.6 is 0 Å². The highest BCUT2D eigenvalue weighted by atomic mass is 16.6. The van der Waals surface area contributed by atoms with Gasteiger partial charge in [-0.2, -0.15) is 0 Å². The molecule has 0 N–H and O–H groups in total. The Bertz CT molecular complexity index is 2080. The Kier molecular flexibility index (Phi) is 63.1. The van der Waals surface area contributed by atoms with E-state index in [1.807, 2.05) is 12.2 Å². The number of hydrogen-bond acceptors (Lipinski definition) is 6. The van der Waals surface area contributed by atoms with Crippen LogP contribution in [0.1, 0.15) is 226 Å². The van der Waals surface area contributed by atoms with E-state index in [0.29, 0.717) is 19.3 Å². The summed E-state index contributed by atoms with van der Waals surface area (Å²) < 4.78 is 16.8. The van der Waals surface area contributed by atoms with Crippen LogP contribution in [0, 0.1) is 0 Å². The van der Waals surface area contributed by atoms with E-state index < -0.39 is 6.10 Å². The van der Waals surface area contributed by atoms with E-state index in [-0.39, 0.29) is 44.0 Å². The largest absolute Gasteiger partial charge is 0.462 e. The Labute approximate surface area is 508 Å². The van der Waals surface area contributed by atoms with Crippen molar-refractivity contribution in [2.75, 3.05) is 13.2 Å². The molecule has 6 heteroatoms. The molecule has 0 spiro atoms. The fraction of sp³-hybridized carbons (Fsp3) is 0.494. The first-order valence-electron chi connectivity index (χ1n) is 32.2. The maximum absolute atomic E-state index is 12.9. The normalized spacial score (nSPS) is 13.6. The van der Waals surface area contributed by atoms with Crippen LogP contribution in [0.4, 0.5) is 0 Å². The van der Waals surface area contributed by atoms with E-state index in [1.165, 1.54) is 12.8 Å². The quantitative estimate of drug-likeness (QED) is 0.0261. The minimum Gasteiger partial charge on any atom is -0.462 e. The molecular weight excluding hydrogens is 1020 g/mol. The van der Waals surface area contributed by atoms with Gasteiger partial charge < -0.3 is 14.2 Å². The summed E-state index contributed by atoms with van der Waals surface area (Å²) in [5.41, 5.74) is 0. The van der Waals surface area contributed by atoms with Crippen molar-refractivity contribution >= 4 is 17.9 Å². The monoisotopic (exact) mass is 1130 g/mol. The molecule has 0 aliphatic carbocycles. The third-order valence-electron chi connectivity index (χ3n) is 12.5. The first-order valence-corrected chi connectivity index (χ1v) is 32.2. The summed E-state index contributed by atoms with van der Waals surface area (Å²) in [5.74, 6) is -1.10. The Balaban J connectivity index is 4.50. The molecule has 0 rings (SSSR count). The molecule has 0 aromatic heterocycles. The summed E-state index contributed by atoms with van der Waals surface area (Å²) in [6.45, 7) is 6.16. The lowest BCUT2D eigenvalue weighted by atomic mass is 10.1. The lowest BCUT2D eigenvalue weighted by Gasteiger charge is -2.18. The van der Waals surface area contributed by atoms with Gasteiger partial charge in [0.05, 0.1) is 0 Å². The molecule has 1 unspecified atom stereocenters. The van der Waals surface area contributed by atoms with Crippen LogP contribution in [0.2, 0.25) is 0 Å². The first-order chi connectivity index (χ1) is 41.0. The molecule has 0 radical (unpaired) electrons. The summed E-state index contributed by atoms with van der Waals surface area (Å²) in [6, 6.07) is 0. The van der Waals surface area contributed by atoms with Crippen molar-refractivity contribution in [3.63, 3.8) is 0 Å². The van der Waals surface area contributed by atoms with Gasteiger partial charge in [0.25, 0.3) is 0 Å². The van der Waals surface area contributed by atoms with E-state index >= 15 is 0 Å². The fourth-order valence-corrected chi connectivity index (χ4v) is 7.77. The van der Waals surface area contributed by atoms with Crippen molar-refractivity contribution < 1.29 is 28.6 Å². The number of rotatable bonds is 55. The summed E-state index contributed by atoms with van der Waals surface area (Å²) in [5, 5.41) is 0. The molecular formula is C77H114O6. The molecule has 1 atom stereocenters. The molecule has 0 saturated carbocycles. The van der Waals surface area contributed by atoms with Crippen molar-refractivity contribution in [1.82, 2.24) is 0 Å². The Hall–Kier alpha value is -6.27. The third kappa shape index (κ3) is 66.4. The minimum atomic E-state index is -0.852. The lowest BCUT2D eigenvalue weighted by molar-refractivity contribution is -0.166. The second-order valence-corrected chi connectivity index (χ2v) is 20.2. The van der Waals surface area contributed by atoms with Crippen molar-refractivity contribution in [2.24, 2.45) is 0 Å². The van der Waals surface area contributed by atoms with Gasteiger partial charge in [0, 0.05) is 19.3 Å². The fourth-order valence-electron chi connectivity index (χ4n) is 7.77. The van der Waals surface area contributed by atoms with Gasteiger partial charge in [-0.1, -0.05) is 265 Å². The zero-order valence-electron chi connectivity index (χ0n) is 52.4. The number of unbranched alkanes of at least 4 members (excludes halogenated alkanes) is 8. The van der Waals surface area contributed by atoms with Crippen LogP contribution in [0.25, 0.3) is 0 Å². The van der Waals surface area contributed by atoms with E-state index in [1.54, 1.807) is 0 Å². The number of hydrogen-bond donors (Lipinski definition) is 0. The summed E-state index contributed by atoms with van der Waals surface area (Å²) in [4.78, 5) is 38.3. The molecule has 0 heterocycles. The lowest BCUT2D eigenvalue weighted by Crippen LogP contribution is -2.30. The average molecular weight is 1140 g/mol. The molecule has 0 bridgehead atoms. The van der Waals surface area contributed by atoms with Crippen LogP contribution in [-0.2, 0) is 28.6 Å². The zero-order valence-corrected chi connectivity index (χ0v) is 52.4. The molecule has 0 aliphatic heterocycles. The van der Waals surface area contributed by atoms with Crippen LogP contribution in [-0.4, -0.2) is 37.2 Å². The topological polar surface area (TPSA) is 78.9 Å². The van der Waals surface area contributed by atoms with Crippen molar-refractivity contribution in [3.8, 4) is 0 Å². The van der Waals surface area contributed by atoms with E-state index in [2.05, 4.69) is 227 Å². The number of esters is 3. The molecule has 458 valence electrons. The predicted octanol–water partition coefficient (Wildman–Crippen LogP) is 22.5. The highest BCUT2D eigenvalue weighted by Gasteiger charge is 2.19. The molecule has 0 aromatic rings. The van der Waals surface area contributed by atoms with Gasteiger partial charge in [-0.05, 0) is 161 Å². The van der Waals surface area contributed by atoms with Gasteiger partial charge in [0.15, 0.2) is 6.10 Å². The van der Waals surface area contributed by atoms with Gasteiger partial charge in [-0.3, -0.25) is 14.4 Å². The highest BCUT2D eigenvalue weighted by molar-refractivity contribution is 5.71. The zero-order chi connectivity index (χ0) is 59.9. The Morgan fingerprint density at radius 3 is 0.771 bits per heavy atom. The van der Waals surface area contributed by atoms with E-state index in [4.69, 9.17) is 14.2 Å². The van der Waals surface area contributed by atoms with Gasteiger partial charge in [-0.25, -0.2) is 0 Å². The predicted molar refractivity (Wildman–Crippen MR) is 361 cm³/mol. The Morgan fingerprint density at radius 2 is 0.458 bits per heavy atom. The van der Waals surface area contributed by atoms with Gasteiger partial charge in [-0.15, -0.1) is 0 Å². The van der Waals surface area contributed by atoms with Crippen molar-refractivity contribution in [3.05, 3.63) is 219 Å². The molecule has 0 fully saturated rings. The Morgan fingerprint density at radius 1 is 0.241 bits per heavy atom. The number of ether oxygens (including phenoxy) is 3. The van der Waals surface area contributed by atoms with Crippen molar-refractivity contribution in [2.45, 2.75) is 232 Å². The molecule has 0 amide bonds. The standard InChI is InChI=1S/C77H114O6/c1-4-7-10-13-16-19-22-25-27-29-31-33-34-35-36-37-38-39-40-41-42-44-45-47-49-52-55-58-61-64-67-70-76(79)82-73-74(72-81-75(78)69-66-63-60-57-54-51-24-21-18-15-12-9-6-3)83-77(80)71-68-65-62-59-56-53-50-48-46-43-32-30-28-26-23-20-17-14-11-8-5-2/h7-12,16-21,25-28,31-33,35-36,38-39,41-43,45,47-48,50-51,54,56,59-60,63,74H,4-6,13-15,22-24,29-30,34,37,40,44,46,49,52-53,55,57-58,61-62,64-73H2,1-3H3/b10-7-,11-8-,12-9-,19-16-,20-17-,21-18-,27-25-,28-26-,33-31-,36-35-,39-38-,42-41-,43-32-,47-45-,50-48-,54-51-,59-56-,63-60-. The molecule has 6 nitrogen and oxygen atoms in total. The van der Waals surface area contributed by atoms with E-state index in [9.17, 15) is 14.4 Å². The van der Waals surface area contributed by atoms with Crippen LogP contribution in [0.5, 0.6) is 0 Å². The van der Waals surface area contributed by atoms with Gasteiger partial charge in [0.2, 0.25) is 0 Å². The summed E-state index contributed by atoms with van der Waals surface area (Å²) in [7, 11) is 0. The summed E-state index contributed by atoms with van der Waals surface area (Å²) >= 11 is 0. The van der Waals surface area contributed by atoms with Crippen LogP contribution in [0.15, 0.2) is 219 Å². The molecule has 0 aliphatic rings. The van der Waals surface area contributed by atoms with Crippen LogP contribution < -0.4 is 0 Å². The van der Waals surface area contributed by atoms with E-state index in [0.717, 1.165) is 161 Å². The molecule has 0 aromatic carbocycles. The van der Waals surface area contributed by atoms with Gasteiger partial charge >= 0.3 is 17.9 Å². The number of carbonyl (C=O) groups excluding carboxylic acids is 3. The maximum Gasteiger partial charge on any atom is 0.306 e. The number of allylic oxidation sites excluding steroid dienone is 36. The minimum absolute atomic E-state index is 0.139. The number of carbonyl (C=O) groups is 3. The smallest absolute Gasteiger partial charge is 0.306 e. The second kappa shape index (κ2) is 68.2. The van der Waals surface area contributed by atoms with Gasteiger partial charge in [0.1, 0.15) is 13.2 Å². The third-order valence-corrected chi connectivity index (χ3v) is 12.5. The second-order valence-electron chi connectivity index (χ2n) is 20.2. The SMILES string of the molecule is CC/C=C\C/C=C\C/C=C\C/C=C\C/C=C\C/C=C\C/C=C\C/C=C\CCCCCCCCC(=O)OCC(COC(=O)CC/C=C\C/C=C\C/C=C\C/C=C\CC)OC(=O)CCCC/C=C\C/C=C\C/C=C\C/C=C\C/C=C\C/C=C\CC. The average Bonchev–Trinajstić information content (AvgIpc) is 3.49. The van der Waals surface area contributed by atoms with Crippen molar-refractivity contribution in [1.29, 1.82) is 0 Å². The summed E-state index contributed by atoms with van der Waals surface area (Å²) in [6.07, 6.45) is 107. The maximum atomic E-state index is 12.9.